The number of aromatic nitrogens is 2. The fourth-order valence-electron chi connectivity index (χ4n) is 4.10. The van der Waals surface area contributed by atoms with E-state index in [-0.39, 0.29) is 23.3 Å². The number of aryl methyl sites for hydroxylation is 1. The minimum atomic E-state index is -4.56. The Balaban J connectivity index is 1.68. The van der Waals surface area contributed by atoms with Crippen molar-refractivity contribution in [3.63, 3.8) is 0 Å². The van der Waals surface area contributed by atoms with Gasteiger partial charge in [0.25, 0.3) is 12.3 Å². The first kappa shape index (κ1) is 24.7. The minimum Gasteiger partial charge on any atom is -0.339 e. The monoisotopic (exact) mass is 472 g/mol. The normalized spacial score (nSPS) is 18.9. The number of hydrogen-bond acceptors (Lipinski definition) is 3. The summed E-state index contributed by atoms with van der Waals surface area (Å²) in [6.07, 6.45) is -3.82. The van der Waals surface area contributed by atoms with E-state index in [2.05, 4.69) is 10.3 Å². The van der Waals surface area contributed by atoms with Gasteiger partial charge in [0.1, 0.15) is 5.82 Å². The first-order chi connectivity index (χ1) is 15.5. The molecule has 6 nitrogen and oxygen atoms in total. The van der Waals surface area contributed by atoms with Crippen LogP contribution in [0.3, 0.4) is 0 Å². The maximum absolute atomic E-state index is 13.0. The molecule has 1 aromatic carbocycles. The molecule has 0 radical (unpaired) electrons. The van der Waals surface area contributed by atoms with Crippen molar-refractivity contribution in [2.24, 2.45) is 5.92 Å². The Kier molecular flexibility index (Phi) is 7.38. The van der Waals surface area contributed by atoms with E-state index < -0.39 is 36.5 Å². The molecule has 0 bridgehead atoms. The molecule has 11 heteroatoms. The van der Waals surface area contributed by atoms with E-state index >= 15 is 0 Å². The smallest absolute Gasteiger partial charge is 0.339 e. The van der Waals surface area contributed by atoms with Crippen LogP contribution in [0, 0.1) is 12.8 Å². The number of carbonyl (C=O) groups excluding carboxylic acids is 2. The molecule has 3 rings (SSSR count). The van der Waals surface area contributed by atoms with Crippen LogP contribution in [0.2, 0.25) is 0 Å². The summed E-state index contributed by atoms with van der Waals surface area (Å²) in [7, 11) is 1.51. The highest BCUT2D eigenvalue weighted by atomic mass is 19.4. The molecule has 1 aromatic heterocycles. The maximum atomic E-state index is 13.0. The van der Waals surface area contributed by atoms with Gasteiger partial charge < -0.3 is 14.8 Å². The molecule has 0 unspecified atom stereocenters. The average Bonchev–Trinajstić information content (AvgIpc) is 3.10. The Morgan fingerprint density at radius 2 is 2.00 bits per heavy atom. The lowest BCUT2D eigenvalue weighted by Gasteiger charge is -2.35. The van der Waals surface area contributed by atoms with Crippen LogP contribution in [0.25, 0.3) is 0 Å². The molecule has 1 heterocycles. The number of rotatable bonds is 6. The van der Waals surface area contributed by atoms with Gasteiger partial charge in [-0.3, -0.25) is 9.59 Å². The van der Waals surface area contributed by atoms with Gasteiger partial charge in [-0.15, -0.1) is 0 Å². The first-order valence-corrected chi connectivity index (χ1v) is 10.5. The Hall–Kier alpha value is -2.98. The maximum Gasteiger partial charge on any atom is 0.416 e. The van der Waals surface area contributed by atoms with Crippen LogP contribution >= 0.6 is 0 Å². The van der Waals surface area contributed by atoms with Crippen molar-refractivity contribution in [3.05, 3.63) is 47.4 Å². The highest BCUT2D eigenvalue weighted by Gasteiger charge is 2.34. The predicted molar refractivity (Wildman–Crippen MR) is 111 cm³/mol. The summed E-state index contributed by atoms with van der Waals surface area (Å²) in [4.78, 5) is 31.0. The van der Waals surface area contributed by atoms with Crippen LogP contribution < -0.4 is 5.32 Å². The lowest BCUT2D eigenvalue weighted by molar-refractivity contribution is -0.137. The van der Waals surface area contributed by atoms with Gasteiger partial charge in [0, 0.05) is 24.6 Å². The third kappa shape index (κ3) is 5.88. The number of imidazole rings is 1. The summed E-state index contributed by atoms with van der Waals surface area (Å²) in [5.41, 5.74) is -0.572. The number of nitrogens with one attached hydrogen (secondary N) is 1. The number of amides is 2. The first-order valence-electron chi connectivity index (χ1n) is 10.5. The van der Waals surface area contributed by atoms with E-state index in [0.717, 1.165) is 12.1 Å². The van der Waals surface area contributed by atoms with Crippen molar-refractivity contribution in [3.8, 4) is 0 Å². The lowest BCUT2D eigenvalue weighted by atomic mass is 9.84. The molecule has 1 N–H and O–H groups in total. The van der Waals surface area contributed by atoms with Crippen molar-refractivity contribution in [2.45, 2.75) is 57.8 Å². The van der Waals surface area contributed by atoms with Gasteiger partial charge in [-0.05, 0) is 44.4 Å². The highest BCUT2D eigenvalue weighted by molar-refractivity contribution is 5.95. The topological polar surface area (TPSA) is 67.2 Å². The van der Waals surface area contributed by atoms with Gasteiger partial charge in [0.15, 0.2) is 0 Å². The Morgan fingerprint density at radius 3 is 2.67 bits per heavy atom. The quantitative estimate of drug-likeness (QED) is 0.618. The molecule has 0 saturated heterocycles. The highest BCUT2D eigenvalue weighted by Crippen LogP contribution is 2.32. The van der Waals surface area contributed by atoms with Gasteiger partial charge in [0.2, 0.25) is 5.91 Å². The average molecular weight is 472 g/mol. The largest absolute Gasteiger partial charge is 0.416 e. The molecule has 1 aliphatic carbocycles. The molecular formula is C22H25F5N4O2. The minimum absolute atomic E-state index is 0.0783. The van der Waals surface area contributed by atoms with Gasteiger partial charge in [-0.25, -0.2) is 13.8 Å². The number of carbonyl (C=O) groups is 2. The Morgan fingerprint density at radius 1 is 1.27 bits per heavy atom. The molecule has 2 aromatic rings. The number of hydrogen-bond donors (Lipinski definition) is 1. The number of nitrogens with zero attached hydrogens (tertiary/aromatic N) is 3. The number of benzene rings is 1. The Bertz CT molecular complexity index is 1000. The van der Waals surface area contributed by atoms with Crippen LogP contribution in [-0.2, 0) is 17.5 Å². The molecule has 0 spiro atoms. The zero-order valence-electron chi connectivity index (χ0n) is 18.2. The van der Waals surface area contributed by atoms with Crippen molar-refractivity contribution in [1.29, 1.82) is 0 Å². The third-order valence-electron chi connectivity index (χ3n) is 5.92. The predicted octanol–water partition coefficient (Wildman–Crippen LogP) is 4.74. The molecular weight excluding hydrogens is 447 g/mol. The second kappa shape index (κ2) is 9.88. The molecule has 0 aliphatic heterocycles. The fraction of sp³-hybridized carbons (Fsp3) is 0.500. The van der Waals surface area contributed by atoms with Crippen LogP contribution in [0.5, 0.6) is 0 Å². The molecule has 2 amide bonds. The molecule has 1 fully saturated rings. The van der Waals surface area contributed by atoms with Crippen LogP contribution in [0.1, 0.15) is 47.3 Å². The zero-order chi connectivity index (χ0) is 24.3. The number of alkyl halides is 5. The van der Waals surface area contributed by atoms with Gasteiger partial charge in [-0.1, -0.05) is 12.5 Å². The van der Waals surface area contributed by atoms with E-state index in [9.17, 15) is 31.5 Å². The van der Waals surface area contributed by atoms with Crippen molar-refractivity contribution in [1.82, 2.24) is 14.5 Å². The van der Waals surface area contributed by atoms with Crippen LogP contribution in [0.15, 0.2) is 30.6 Å². The van der Waals surface area contributed by atoms with E-state index in [0.29, 0.717) is 31.4 Å². The van der Waals surface area contributed by atoms with Crippen LogP contribution in [-0.4, -0.2) is 45.8 Å². The summed E-state index contributed by atoms with van der Waals surface area (Å²) in [5.74, 6) is -1.19. The lowest BCUT2D eigenvalue weighted by Crippen LogP contribution is -2.42. The molecule has 2 atom stereocenters. The summed E-state index contributed by atoms with van der Waals surface area (Å²) < 4.78 is 65.7. The van der Waals surface area contributed by atoms with Crippen LogP contribution in [0.4, 0.5) is 27.8 Å². The third-order valence-corrected chi connectivity index (χ3v) is 5.92. The SMILES string of the molecule is Cc1ncn(CC(F)F)c1NC(=O)[C@H]1CCC[C@@H](N(C)C(=O)c2cccc(C(F)(F)F)c2)C1. The molecule has 1 saturated carbocycles. The van der Waals surface area contributed by atoms with Gasteiger partial charge >= 0.3 is 6.18 Å². The number of halogens is 5. The summed E-state index contributed by atoms with van der Waals surface area (Å²) in [6.45, 7) is 1.00. The van der Waals surface area contributed by atoms with E-state index in [1.807, 2.05) is 0 Å². The van der Waals surface area contributed by atoms with Crippen molar-refractivity contribution in [2.75, 3.05) is 12.4 Å². The second-order valence-electron chi connectivity index (χ2n) is 8.22. The Labute approximate surface area is 187 Å². The van der Waals surface area contributed by atoms with E-state index in [1.165, 1.54) is 35.0 Å². The number of anilines is 1. The van der Waals surface area contributed by atoms with E-state index in [4.69, 9.17) is 0 Å². The standard InChI is InChI=1S/C22H25F5N4O2/c1-13-19(31(12-28-13)11-18(23)24)29-20(32)14-5-4-8-17(10-14)30(2)21(33)15-6-3-7-16(9-15)22(25,26)27/h3,6-7,9,12,14,17-18H,4-5,8,10-11H2,1-2H3,(H,29,32)/t14-,17+/m0/s1. The zero-order valence-corrected chi connectivity index (χ0v) is 18.2. The summed E-state index contributed by atoms with van der Waals surface area (Å²) in [6, 6.07) is 3.89. The summed E-state index contributed by atoms with van der Waals surface area (Å²) >= 11 is 0. The summed E-state index contributed by atoms with van der Waals surface area (Å²) in [5, 5.41) is 2.68. The van der Waals surface area contributed by atoms with Gasteiger partial charge in [-0.2, -0.15) is 13.2 Å². The van der Waals surface area contributed by atoms with Crippen molar-refractivity contribution < 1.29 is 31.5 Å². The molecule has 1 aliphatic rings. The fourth-order valence-corrected chi connectivity index (χ4v) is 4.10. The van der Waals surface area contributed by atoms with E-state index in [1.54, 1.807) is 6.92 Å². The van der Waals surface area contributed by atoms with Crippen molar-refractivity contribution >= 4 is 17.6 Å². The molecule has 180 valence electrons. The van der Waals surface area contributed by atoms with Gasteiger partial charge in [0.05, 0.1) is 24.1 Å². The molecule has 33 heavy (non-hydrogen) atoms. The second-order valence-corrected chi connectivity index (χ2v) is 8.22.